The molecule has 0 fully saturated rings. The molecule has 1 aromatic rings. The first-order valence-corrected chi connectivity index (χ1v) is 10.5. The first-order chi connectivity index (χ1) is 11.0. The molecule has 0 saturated heterocycles. The van der Waals surface area contributed by atoms with Crippen LogP contribution in [0.15, 0.2) is 15.2 Å². The second-order valence-corrected chi connectivity index (χ2v) is 9.09. The lowest BCUT2D eigenvalue weighted by Gasteiger charge is -2.11. The van der Waals surface area contributed by atoms with E-state index in [0.29, 0.717) is 43.2 Å². The smallest absolute Gasteiger partial charge is 0.304 e. The van der Waals surface area contributed by atoms with Crippen molar-refractivity contribution in [2.24, 2.45) is 11.5 Å². The maximum atomic E-state index is 11.8. The zero-order valence-electron chi connectivity index (χ0n) is 12.5. The molecule has 0 aliphatic carbocycles. The van der Waals surface area contributed by atoms with E-state index in [4.69, 9.17) is 20.6 Å². The van der Waals surface area contributed by atoms with E-state index in [9.17, 15) is 21.6 Å². The van der Waals surface area contributed by atoms with Crippen LogP contribution in [0.3, 0.4) is 0 Å². The highest BCUT2D eigenvalue weighted by atomic mass is 32.3. The summed E-state index contributed by atoms with van der Waals surface area (Å²) in [5.74, 6) is -0.560. The summed E-state index contributed by atoms with van der Waals surface area (Å²) < 4.78 is 62.2. The van der Waals surface area contributed by atoms with Gasteiger partial charge in [-0.15, -0.1) is 11.3 Å². The number of hydrogen-bond donors (Lipinski definition) is 5. The fourth-order valence-corrected chi connectivity index (χ4v) is 4.73. The average Bonchev–Trinajstić information content (AvgIpc) is 2.89. The molecule has 24 heavy (non-hydrogen) atoms. The van der Waals surface area contributed by atoms with Crippen molar-refractivity contribution >= 4 is 37.5 Å². The zero-order chi connectivity index (χ0) is 18.5. The van der Waals surface area contributed by atoms with Crippen molar-refractivity contribution in [2.45, 2.75) is 41.0 Å². The molecule has 138 valence electrons. The lowest BCUT2D eigenvalue weighted by molar-refractivity contribution is -0.122. The Hall–Kier alpha value is -1.09. The van der Waals surface area contributed by atoms with E-state index in [0.717, 1.165) is 0 Å². The molecule has 1 amide bonds. The number of carbonyl (C=O) groups excluding carboxylic acids is 1. The second kappa shape index (κ2) is 8.33. The van der Waals surface area contributed by atoms with Gasteiger partial charge in [-0.25, -0.2) is 0 Å². The summed E-state index contributed by atoms with van der Waals surface area (Å²) >= 11 is 0.419. The number of nitrogens with one attached hydrogen (secondary N) is 1. The predicted molar refractivity (Wildman–Crippen MR) is 86.7 cm³/mol. The van der Waals surface area contributed by atoms with E-state index in [1.54, 1.807) is 0 Å². The minimum absolute atomic E-state index is 0.146. The number of hydrogen-bond acceptors (Lipinski definition) is 8. The second-order valence-electron chi connectivity index (χ2n) is 4.91. The third-order valence-corrected chi connectivity index (χ3v) is 6.50. The van der Waals surface area contributed by atoms with Crippen LogP contribution in [0.5, 0.6) is 0 Å². The van der Waals surface area contributed by atoms with Crippen molar-refractivity contribution in [3.05, 3.63) is 10.9 Å². The fourth-order valence-electron chi connectivity index (χ4n) is 1.80. The van der Waals surface area contributed by atoms with Crippen molar-refractivity contribution in [3.8, 4) is 0 Å². The largest absolute Gasteiger partial charge is 0.350 e. The third kappa shape index (κ3) is 6.08. The Labute approximate surface area is 143 Å². The summed E-state index contributed by atoms with van der Waals surface area (Å²) in [5.41, 5.74) is 11.0. The molecular weight excluding hydrogens is 382 g/mol. The van der Waals surface area contributed by atoms with Crippen LogP contribution in [-0.2, 0) is 31.6 Å². The number of unbranched alkanes of at least 4 members (excludes halogenated alkanes) is 1. The molecule has 0 saturated carbocycles. The van der Waals surface area contributed by atoms with Crippen LogP contribution in [0.25, 0.3) is 0 Å². The molecule has 1 rings (SSSR count). The molecule has 1 heterocycles. The highest BCUT2D eigenvalue weighted by Gasteiger charge is 2.25. The van der Waals surface area contributed by atoms with Gasteiger partial charge in [0, 0.05) is 4.88 Å². The van der Waals surface area contributed by atoms with Crippen molar-refractivity contribution in [1.82, 2.24) is 5.32 Å². The van der Waals surface area contributed by atoms with Crippen LogP contribution >= 0.6 is 11.3 Å². The van der Waals surface area contributed by atoms with E-state index in [1.165, 1.54) is 0 Å². The van der Waals surface area contributed by atoms with Gasteiger partial charge in [0.2, 0.25) is 5.91 Å². The van der Waals surface area contributed by atoms with Gasteiger partial charge in [-0.2, -0.15) is 16.8 Å². The van der Waals surface area contributed by atoms with Crippen LogP contribution in [-0.4, -0.2) is 44.4 Å². The molecule has 1 unspecified atom stereocenters. The number of thiophene rings is 1. The monoisotopic (exact) mass is 401 g/mol. The molecule has 0 bridgehead atoms. The molecule has 0 aliphatic heterocycles. The maximum Gasteiger partial charge on any atom is 0.304 e. The van der Waals surface area contributed by atoms with E-state index in [1.807, 2.05) is 0 Å². The van der Waals surface area contributed by atoms with Gasteiger partial charge in [0.15, 0.2) is 0 Å². The minimum atomic E-state index is -4.72. The maximum absolute atomic E-state index is 11.8. The Morgan fingerprint density at radius 2 is 1.83 bits per heavy atom. The third-order valence-electron chi connectivity index (χ3n) is 3.01. The average molecular weight is 401 g/mol. The lowest BCUT2D eigenvalue weighted by atomic mass is 10.1. The van der Waals surface area contributed by atoms with E-state index in [-0.39, 0.29) is 11.4 Å². The van der Waals surface area contributed by atoms with Gasteiger partial charge in [0.25, 0.3) is 10.1 Å². The van der Waals surface area contributed by atoms with Crippen LogP contribution in [0.2, 0.25) is 0 Å². The summed E-state index contributed by atoms with van der Waals surface area (Å²) in [6.07, 6.45) is 1.73. The Morgan fingerprint density at radius 1 is 1.21 bits per heavy atom. The summed E-state index contributed by atoms with van der Waals surface area (Å²) in [7, 11) is -9.36. The number of nitrogens with two attached hydrogens (primary N) is 2. The normalized spacial score (nSPS) is 13.7. The van der Waals surface area contributed by atoms with Gasteiger partial charge in [-0.05, 0) is 25.5 Å². The van der Waals surface area contributed by atoms with Crippen molar-refractivity contribution in [2.75, 3.05) is 6.54 Å². The van der Waals surface area contributed by atoms with Gasteiger partial charge >= 0.3 is 10.1 Å². The predicted octanol–water partition coefficient (Wildman–Crippen LogP) is -0.686. The molecule has 1 atom stereocenters. The summed E-state index contributed by atoms with van der Waals surface area (Å²) in [5, 5.41) is 2.37. The molecule has 1 aromatic heterocycles. The zero-order valence-corrected chi connectivity index (χ0v) is 15.0. The fraction of sp³-hybridized carbons (Fsp3) is 0.545. The molecule has 13 heteroatoms. The molecule has 0 radical (unpaired) electrons. The van der Waals surface area contributed by atoms with Crippen LogP contribution < -0.4 is 16.8 Å². The number of carbonyl (C=O) groups is 1. The van der Waals surface area contributed by atoms with Crippen LogP contribution in [0.1, 0.15) is 24.1 Å². The lowest BCUT2D eigenvalue weighted by Crippen LogP contribution is -2.40. The van der Waals surface area contributed by atoms with Gasteiger partial charge in [0.05, 0.1) is 12.6 Å². The summed E-state index contributed by atoms with van der Waals surface area (Å²) in [6, 6.07) is -0.204. The number of amides is 1. The summed E-state index contributed by atoms with van der Waals surface area (Å²) in [4.78, 5) is 11.0. The first kappa shape index (κ1) is 21.0. The topological polar surface area (TPSA) is 190 Å². The summed E-state index contributed by atoms with van der Waals surface area (Å²) in [6.45, 7) is 0.110. The van der Waals surface area contributed by atoms with Crippen molar-refractivity contribution in [1.29, 1.82) is 0 Å². The van der Waals surface area contributed by atoms with Gasteiger partial charge in [-0.3, -0.25) is 13.9 Å². The Balaban J connectivity index is 2.87. The first-order valence-electron chi connectivity index (χ1n) is 6.78. The van der Waals surface area contributed by atoms with Crippen LogP contribution in [0, 0.1) is 0 Å². The van der Waals surface area contributed by atoms with E-state index < -0.39 is 41.3 Å². The highest BCUT2D eigenvalue weighted by Crippen LogP contribution is 2.29. The molecule has 0 aromatic carbocycles. The molecule has 7 N–H and O–H groups in total. The Kier molecular flexibility index (Phi) is 7.27. The quantitative estimate of drug-likeness (QED) is 0.263. The standard InChI is InChI=1S/C11H19N3O7S3/c12-4-2-1-3-7(13)11(15)14-6-8-9(23(16,17)18)5-10(22-8)24(19,20)21/h5,7H,1-4,6,12-13H2,(H,14,15)(H,16,17,18)(H,19,20,21). The van der Waals surface area contributed by atoms with E-state index >= 15 is 0 Å². The highest BCUT2D eigenvalue weighted by molar-refractivity contribution is 7.88. The van der Waals surface area contributed by atoms with Gasteiger partial charge in [-0.1, -0.05) is 6.42 Å². The van der Waals surface area contributed by atoms with E-state index in [2.05, 4.69) is 5.32 Å². The molecule has 0 aliphatic rings. The molecular formula is C11H19N3O7S3. The molecule has 10 nitrogen and oxygen atoms in total. The van der Waals surface area contributed by atoms with Crippen molar-refractivity contribution < 1.29 is 30.7 Å². The molecule has 0 spiro atoms. The Morgan fingerprint density at radius 3 is 2.33 bits per heavy atom. The Bertz CT molecular complexity index is 786. The van der Waals surface area contributed by atoms with Gasteiger partial charge in [0.1, 0.15) is 9.10 Å². The minimum Gasteiger partial charge on any atom is -0.350 e. The SMILES string of the molecule is NCCCCC(N)C(=O)NCc1sc(S(=O)(=O)O)cc1S(=O)(=O)O. The van der Waals surface area contributed by atoms with Crippen molar-refractivity contribution in [3.63, 3.8) is 0 Å². The van der Waals surface area contributed by atoms with Gasteiger partial charge < -0.3 is 16.8 Å². The van der Waals surface area contributed by atoms with Crippen LogP contribution in [0.4, 0.5) is 0 Å². The number of rotatable bonds is 9.